The first-order valence-electron chi connectivity index (χ1n) is 5.36. The molecule has 1 amide bonds. The fraction of sp³-hybridized carbons (Fsp3) is 0.333. The van der Waals surface area contributed by atoms with Crippen LogP contribution in [0, 0.1) is 5.92 Å². The molecule has 4 nitrogen and oxygen atoms in total. The molecule has 2 atom stereocenters. The molecule has 0 unspecified atom stereocenters. The Hall–Kier alpha value is -1.84. The van der Waals surface area contributed by atoms with Gasteiger partial charge < -0.3 is 9.74 Å². The summed E-state index contributed by atoms with van der Waals surface area (Å²) in [6.45, 7) is 1.31. The van der Waals surface area contributed by atoms with Gasteiger partial charge in [-0.15, -0.1) is 0 Å². The minimum Gasteiger partial charge on any atom is -0.395 e. The van der Waals surface area contributed by atoms with E-state index < -0.39 is 0 Å². The summed E-state index contributed by atoms with van der Waals surface area (Å²) in [4.78, 5) is 17.9. The Bertz CT molecular complexity index is 430. The van der Waals surface area contributed by atoms with E-state index in [0.717, 1.165) is 17.7 Å². The van der Waals surface area contributed by atoms with E-state index in [9.17, 15) is 4.79 Å². The van der Waals surface area contributed by atoms with Crippen molar-refractivity contribution in [2.45, 2.75) is 6.04 Å². The van der Waals surface area contributed by atoms with E-state index in [-0.39, 0.29) is 12.0 Å². The number of nitrogens with zero attached hydrogens (tertiary/aromatic N) is 2. The van der Waals surface area contributed by atoms with Gasteiger partial charge in [-0.3, -0.25) is 4.79 Å². The van der Waals surface area contributed by atoms with Gasteiger partial charge in [0, 0.05) is 6.54 Å². The number of rotatable bonds is 2. The van der Waals surface area contributed by atoms with Crippen molar-refractivity contribution in [2.24, 2.45) is 11.1 Å². The van der Waals surface area contributed by atoms with E-state index in [2.05, 4.69) is 5.16 Å². The van der Waals surface area contributed by atoms with E-state index in [1.165, 1.54) is 0 Å². The van der Waals surface area contributed by atoms with E-state index >= 15 is 0 Å². The number of likely N-dealkylation sites (tertiary alicyclic amines) is 1. The predicted molar refractivity (Wildman–Crippen MR) is 58.8 cm³/mol. The van der Waals surface area contributed by atoms with Gasteiger partial charge in [0.05, 0.1) is 17.7 Å². The molecule has 0 saturated carbocycles. The normalized spacial score (nSPS) is 27.2. The Morgan fingerprint density at radius 3 is 2.94 bits per heavy atom. The van der Waals surface area contributed by atoms with Crippen molar-refractivity contribution in [1.82, 2.24) is 4.90 Å². The highest BCUT2D eigenvalue weighted by Crippen LogP contribution is 2.34. The third-order valence-corrected chi connectivity index (χ3v) is 3.16. The number of hydrogen-bond donors (Lipinski definition) is 0. The van der Waals surface area contributed by atoms with Gasteiger partial charge in [0.2, 0.25) is 6.41 Å². The maximum absolute atomic E-state index is 11.1. The van der Waals surface area contributed by atoms with Crippen molar-refractivity contribution in [3.8, 4) is 0 Å². The summed E-state index contributed by atoms with van der Waals surface area (Å²) in [5, 5.41) is 4.07. The Kier molecular flexibility index (Phi) is 2.13. The van der Waals surface area contributed by atoms with Crippen molar-refractivity contribution in [3.63, 3.8) is 0 Å². The number of carbonyl (C=O) groups excluding carboxylic acids is 1. The molecule has 1 aromatic rings. The standard InChI is InChI=1S/C12H12N2O2/c15-8-14-6-10-7-16-13-11(10)12(14)9-4-2-1-3-5-9/h1-5,8,10,12H,6-7H2/t10-,12+/m1/s1. The molecule has 0 radical (unpaired) electrons. The van der Waals surface area contributed by atoms with E-state index in [1.807, 2.05) is 30.3 Å². The topological polar surface area (TPSA) is 41.9 Å². The highest BCUT2D eigenvalue weighted by Gasteiger charge is 2.42. The third-order valence-electron chi connectivity index (χ3n) is 3.16. The van der Waals surface area contributed by atoms with Crippen LogP contribution >= 0.6 is 0 Å². The first-order chi connectivity index (χ1) is 7.90. The fourth-order valence-corrected chi connectivity index (χ4v) is 2.41. The second-order valence-electron chi connectivity index (χ2n) is 4.12. The lowest BCUT2D eigenvalue weighted by atomic mass is 9.98. The lowest BCUT2D eigenvalue weighted by Crippen LogP contribution is -2.24. The van der Waals surface area contributed by atoms with Gasteiger partial charge in [-0.1, -0.05) is 35.5 Å². The van der Waals surface area contributed by atoms with Crippen LogP contribution in [0.2, 0.25) is 0 Å². The van der Waals surface area contributed by atoms with Crippen LogP contribution < -0.4 is 0 Å². The first-order valence-corrected chi connectivity index (χ1v) is 5.36. The quantitative estimate of drug-likeness (QED) is 0.697. The van der Waals surface area contributed by atoms with Gasteiger partial charge >= 0.3 is 0 Å². The molecular formula is C12H12N2O2. The number of hydrogen-bond acceptors (Lipinski definition) is 3. The summed E-state index contributed by atoms with van der Waals surface area (Å²) in [7, 11) is 0. The second-order valence-corrected chi connectivity index (χ2v) is 4.12. The van der Waals surface area contributed by atoms with Gasteiger partial charge in [-0.25, -0.2) is 0 Å². The first kappa shape index (κ1) is 9.39. The summed E-state index contributed by atoms with van der Waals surface area (Å²) in [6, 6.07) is 9.92. The van der Waals surface area contributed by atoms with Gasteiger partial charge in [0.15, 0.2) is 0 Å². The van der Waals surface area contributed by atoms with Crippen molar-refractivity contribution < 1.29 is 9.63 Å². The van der Waals surface area contributed by atoms with Crippen LogP contribution in [0.3, 0.4) is 0 Å². The average Bonchev–Trinajstić information content (AvgIpc) is 2.89. The number of benzene rings is 1. The van der Waals surface area contributed by atoms with Crippen LogP contribution in [0.5, 0.6) is 0 Å². The Labute approximate surface area is 93.5 Å². The summed E-state index contributed by atoms with van der Waals surface area (Å²) >= 11 is 0. The van der Waals surface area contributed by atoms with Crippen molar-refractivity contribution >= 4 is 12.1 Å². The largest absolute Gasteiger partial charge is 0.395 e. The van der Waals surface area contributed by atoms with Crippen LogP contribution in [0.4, 0.5) is 0 Å². The minimum atomic E-state index is -0.0359. The Balaban J connectivity index is 2.00. The molecule has 2 aliphatic heterocycles. The molecule has 3 rings (SSSR count). The molecule has 0 N–H and O–H groups in total. The smallest absolute Gasteiger partial charge is 0.210 e. The molecule has 0 aliphatic carbocycles. The summed E-state index contributed by atoms with van der Waals surface area (Å²) in [5.74, 6) is 0.274. The maximum atomic E-state index is 11.1. The zero-order chi connectivity index (χ0) is 11.0. The number of amides is 1. The van der Waals surface area contributed by atoms with Gasteiger partial charge in [0.25, 0.3) is 0 Å². The predicted octanol–water partition coefficient (Wildman–Crippen LogP) is 1.20. The fourth-order valence-electron chi connectivity index (χ4n) is 2.41. The second kappa shape index (κ2) is 3.63. The van der Waals surface area contributed by atoms with Crippen LogP contribution in [0.25, 0.3) is 0 Å². The lowest BCUT2D eigenvalue weighted by Gasteiger charge is -2.19. The molecule has 16 heavy (non-hydrogen) atoms. The zero-order valence-electron chi connectivity index (χ0n) is 8.74. The van der Waals surface area contributed by atoms with Crippen molar-refractivity contribution in [1.29, 1.82) is 0 Å². The molecule has 1 aromatic carbocycles. The van der Waals surface area contributed by atoms with Crippen LogP contribution in [-0.4, -0.2) is 30.2 Å². The molecule has 4 heteroatoms. The van der Waals surface area contributed by atoms with Crippen LogP contribution in [-0.2, 0) is 9.63 Å². The monoisotopic (exact) mass is 216 g/mol. The summed E-state index contributed by atoms with van der Waals surface area (Å²) in [6.07, 6.45) is 0.901. The van der Waals surface area contributed by atoms with Gasteiger partial charge in [-0.05, 0) is 5.56 Å². The molecule has 1 saturated heterocycles. The average molecular weight is 216 g/mol. The van der Waals surface area contributed by atoms with Crippen LogP contribution in [0.1, 0.15) is 11.6 Å². The Morgan fingerprint density at radius 2 is 2.19 bits per heavy atom. The minimum absolute atomic E-state index is 0.0359. The molecule has 82 valence electrons. The molecule has 0 spiro atoms. The van der Waals surface area contributed by atoms with Gasteiger partial charge in [-0.2, -0.15) is 0 Å². The van der Waals surface area contributed by atoms with E-state index in [4.69, 9.17) is 4.84 Å². The molecule has 0 bridgehead atoms. The Morgan fingerprint density at radius 1 is 1.38 bits per heavy atom. The maximum Gasteiger partial charge on any atom is 0.210 e. The van der Waals surface area contributed by atoms with Crippen LogP contribution in [0.15, 0.2) is 35.5 Å². The summed E-state index contributed by atoms with van der Waals surface area (Å²) in [5.41, 5.74) is 2.08. The number of carbonyl (C=O) groups is 1. The highest BCUT2D eigenvalue weighted by molar-refractivity contribution is 5.96. The zero-order valence-corrected chi connectivity index (χ0v) is 8.74. The van der Waals surface area contributed by atoms with Crippen molar-refractivity contribution in [3.05, 3.63) is 35.9 Å². The number of oxime groups is 1. The number of fused-ring (bicyclic) bond motifs is 1. The van der Waals surface area contributed by atoms with Crippen molar-refractivity contribution in [2.75, 3.05) is 13.2 Å². The molecule has 0 aromatic heterocycles. The molecule has 2 heterocycles. The third kappa shape index (κ3) is 1.30. The SMILES string of the molecule is O=CN1C[C@@H]2CON=C2[C@@H]1c1ccccc1. The molecule has 2 aliphatic rings. The van der Waals surface area contributed by atoms with Gasteiger partial charge in [0.1, 0.15) is 6.61 Å². The summed E-state index contributed by atoms with van der Waals surface area (Å²) < 4.78 is 0. The van der Waals surface area contributed by atoms with E-state index in [0.29, 0.717) is 13.2 Å². The highest BCUT2D eigenvalue weighted by atomic mass is 16.6. The lowest BCUT2D eigenvalue weighted by molar-refractivity contribution is -0.118. The molecule has 1 fully saturated rings. The molecular weight excluding hydrogens is 204 g/mol. The van der Waals surface area contributed by atoms with E-state index in [1.54, 1.807) is 4.90 Å².